The average Bonchev–Trinajstić information content (AvgIpc) is 2.90. The van der Waals surface area contributed by atoms with Crippen LogP contribution in [0, 0.1) is 27.7 Å². The zero-order chi connectivity index (χ0) is 19.1. The lowest BCUT2D eigenvalue weighted by molar-refractivity contribution is 1.01. The van der Waals surface area contributed by atoms with Crippen LogP contribution >= 0.6 is 11.6 Å². The van der Waals surface area contributed by atoms with Gasteiger partial charge in [0.15, 0.2) is 5.65 Å². The molecule has 0 spiro atoms. The fourth-order valence-corrected chi connectivity index (χ4v) is 3.61. The third-order valence-electron chi connectivity index (χ3n) is 5.00. The van der Waals surface area contributed by atoms with Crippen LogP contribution in [0.1, 0.15) is 22.4 Å². The maximum absolute atomic E-state index is 6.22. The molecule has 4 rings (SSSR count). The van der Waals surface area contributed by atoms with E-state index in [1.807, 2.05) is 24.3 Å². The van der Waals surface area contributed by atoms with Crippen molar-refractivity contribution in [3.05, 3.63) is 76.2 Å². The molecule has 0 saturated carbocycles. The summed E-state index contributed by atoms with van der Waals surface area (Å²) in [4.78, 5) is 9.12. The van der Waals surface area contributed by atoms with Gasteiger partial charge in [0.05, 0.1) is 5.39 Å². The molecule has 0 unspecified atom stereocenters. The number of hydrogen-bond donors (Lipinski definition) is 1. The average molecular weight is 377 g/mol. The maximum Gasteiger partial charge on any atom is 0.150 e. The Hall–Kier alpha value is -2.85. The van der Waals surface area contributed by atoms with Gasteiger partial charge in [0, 0.05) is 22.1 Å². The molecule has 2 heterocycles. The highest BCUT2D eigenvalue weighted by Gasteiger charge is 2.18. The van der Waals surface area contributed by atoms with Crippen LogP contribution in [0.4, 0.5) is 11.5 Å². The first-order valence-corrected chi connectivity index (χ1v) is 9.26. The Morgan fingerprint density at radius 1 is 0.963 bits per heavy atom. The number of benzene rings is 2. The van der Waals surface area contributed by atoms with E-state index in [-0.39, 0.29) is 0 Å². The standard InChI is InChI=1S/C22H21ClN4/c1-13-8-9-14(2)19(10-13)26-21-20-15(3)16(4)27(22(20)25-12-24-21)18-7-5-6-17(23)11-18/h5-12H,1-4H3,(H,24,25,26). The lowest BCUT2D eigenvalue weighted by atomic mass is 10.1. The molecule has 0 saturated heterocycles. The second kappa shape index (κ2) is 6.71. The predicted octanol–water partition coefficient (Wildman–Crippen LogP) is 6.05. The molecule has 27 heavy (non-hydrogen) atoms. The molecule has 0 bridgehead atoms. The van der Waals surface area contributed by atoms with Crippen LogP contribution in [0.15, 0.2) is 48.8 Å². The van der Waals surface area contributed by atoms with E-state index in [1.54, 1.807) is 6.33 Å². The summed E-state index contributed by atoms with van der Waals surface area (Å²) in [6, 6.07) is 14.2. The lowest BCUT2D eigenvalue weighted by Crippen LogP contribution is -2.00. The van der Waals surface area contributed by atoms with E-state index in [4.69, 9.17) is 11.6 Å². The van der Waals surface area contributed by atoms with Crippen molar-refractivity contribution in [2.75, 3.05) is 5.32 Å². The number of fused-ring (bicyclic) bond motifs is 1. The third-order valence-corrected chi connectivity index (χ3v) is 5.24. The van der Waals surface area contributed by atoms with E-state index in [9.17, 15) is 0 Å². The van der Waals surface area contributed by atoms with Gasteiger partial charge in [-0.05, 0) is 68.7 Å². The summed E-state index contributed by atoms with van der Waals surface area (Å²) in [6.07, 6.45) is 1.61. The molecular formula is C22H21ClN4. The van der Waals surface area contributed by atoms with E-state index >= 15 is 0 Å². The van der Waals surface area contributed by atoms with Gasteiger partial charge in [-0.2, -0.15) is 0 Å². The fraction of sp³-hybridized carbons (Fsp3) is 0.182. The number of halogens is 1. The van der Waals surface area contributed by atoms with Crippen LogP contribution in [0.3, 0.4) is 0 Å². The molecule has 1 N–H and O–H groups in total. The van der Waals surface area contributed by atoms with Crippen LogP contribution in [0.2, 0.25) is 5.02 Å². The largest absolute Gasteiger partial charge is 0.339 e. The normalized spacial score (nSPS) is 11.1. The van der Waals surface area contributed by atoms with Gasteiger partial charge in [0.25, 0.3) is 0 Å². The summed E-state index contributed by atoms with van der Waals surface area (Å²) in [5.41, 5.74) is 7.58. The molecule has 0 aliphatic rings. The first-order chi connectivity index (χ1) is 13.0. The molecule has 0 radical (unpaired) electrons. The summed E-state index contributed by atoms with van der Waals surface area (Å²) in [6.45, 7) is 8.39. The highest BCUT2D eigenvalue weighted by atomic mass is 35.5. The minimum Gasteiger partial charge on any atom is -0.339 e. The van der Waals surface area contributed by atoms with Crippen molar-refractivity contribution in [2.24, 2.45) is 0 Å². The minimum absolute atomic E-state index is 0.703. The maximum atomic E-state index is 6.22. The van der Waals surface area contributed by atoms with Gasteiger partial charge in [-0.3, -0.25) is 4.57 Å². The number of nitrogens with one attached hydrogen (secondary N) is 1. The van der Waals surface area contributed by atoms with E-state index in [0.717, 1.165) is 39.5 Å². The number of anilines is 2. The lowest BCUT2D eigenvalue weighted by Gasteiger charge is -2.11. The van der Waals surface area contributed by atoms with Gasteiger partial charge in [0.1, 0.15) is 12.1 Å². The number of hydrogen-bond acceptors (Lipinski definition) is 3. The number of rotatable bonds is 3. The molecular weight excluding hydrogens is 356 g/mol. The first-order valence-electron chi connectivity index (χ1n) is 8.88. The van der Waals surface area contributed by atoms with Gasteiger partial charge in [0.2, 0.25) is 0 Å². The summed E-state index contributed by atoms with van der Waals surface area (Å²) >= 11 is 6.22. The SMILES string of the molecule is Cc1ccc(C)c(Nc2ncnc3c2c(C)c(C)n3-c2cccc(Cl)c2)c1. The monoisotopic (exact) mass is 376 g/mol. The molecule has 0 aliphatic carbocycles. The molecule has 0 amide bonds. The fourth-order valence-electron chi connectivity index (χ4n) is 3.42. The smallest absolute Gasteiger partial charge is 0.150 e. The summed E-state index contributed by atoms with van der Waals surface area (Å²) in [5, 5.41) is 5.24. The Bertz CT molecular complexity index is 1160. The van der Waals surface area contributed by atoms with Crippen molar-refractivity contribution in [1.82, 2.24) is 14.5 Å². The third kappa shape index (κ3) is 3.06. The quantitative estimate of drug-likeness (QED) is 0.473. The van der Waals surface area contributed by atoms with Gasteiger partial charge in [-0.1, -0.05) is 29.8 Å². The second-order valence-corrected chi connectivity index (χ2v) is 7.33. The Morgan fingerprint density at radius 2 is 1.78 bits per heavy atom. The molecule has 5 heteroatoms. The first kappa shape index (κ1) is 17.6. The summed E-state index contributed by atoms with van der Waals surface area (Å²) < 4.78 is 2.13. The topological polar surface area (TPSA) is 42.7 Å². The van der Waals surface area contributed by atoms with Crippen LogP contribution in [-0.4, -0.2) is 14.5 Å². The van der Waals surface area contributed by atoms with Crippen molar-refractivity contribution in [3.8, 4) is 5.69 Å². The van der Waals surface area contributed by atoms with Crippen LogP contribution < -0.4 is 5.32 Å². The number of nitrogens with zero attached hydrogens (tertiary/aromatic N) is 3. The van der Waals surface area contributed by atoms with Gasteiger partial charge in [-0.15, -0.1) is 0 Å². The second-order valence-electron chi connectivity index (χ2n) is 6.89. The van der Waals surface area contributed by atoms with E-state index in [0.29, 0.717) is 5.02 Å². The molecule has 4 nitrogen and oxygen atoms in total. The van der Waals surface area contributed by atoms with E-state index in [1.165, 1.54) is 11.1 Å². The number of aryl methyl sites for hydroxylation is 3. The Morgan fingerprint density at radius 3 is 2.56 bits per heavy atom. The Balaban J connectivity index is 1.92. The minimum atomic E-state index is 0.703. The Labute approximate surface area is 163 Å². The molecule has 4 aromatic rings. The molecule has 2 aromatic heterocycles. The number of aromatic nitrogens is 3. The molecule has 0 fully saturated rings. The zero-order valence-electron chi connectivity index (χ0n) is 15.8. The molecule has 0 aliphatic heterocycles. The van der Waals surface area contributed by atoms with Crippen molar-refractivity contribution >= 4 is 34.1 Å². The predicted molar refractivity (Wildman–Crippen MR) is 113 cm³/mol. The molecule has 0 atom stereocenters. The van der Waals surface area contributed by atoms with Crippen molar-refractivity contribution in [3.63, 3.8) is 0 Å². The molecule has 136 valence electrons. The van der Waals surface area contributed by atoms with Crippen LogP contribution in [0.5, 0.6) is 0 Å². The summed E-state index contributed by atoms with van der Waals surface area (Å²) in [5.74, 6) is 0.815. The van der Waals surface area contributed by atoms with Gasteiger partial charge < -0.3 is 5.32 Å². The zero-order valence-corrected chi connectivity index (χ0v) is 16.6. The van der Waals surface area contributed by atoms with Crippen LogP contribution in [0.25, 0.3) is 16.7 Å². The molecule has 2 aromatic carbocycles. The van der Waals surface area contributed by atoms with Crippen LogP contribution in [-0.2, 0) is 0 Å². The highest BCUT2D eigenvalue weighted by Crippen LogP contribution is 2.33. The van der Waals surface area contributed by atoms with Gasteiger partial charge in [-0.25, -0.2) is 9.97 Å². The van der Waals surface area contributed by atoms with Crippen molar-refractivity contribution in [2.45, 2.75) is 27.7 Å². The Kier molecular flexibility index (Phi) is 4.36. The summed E-state index contributed by atoms with van der Waals surface area (Å²) in [7, 11) is 0. The van der Waals surface area contributed by atoms with E-state index in [2.05, 4.69) is 65.7 Å². The highest BCUT2D eigenvalue weighted by molar-refractivity contribution is 6.30. The van der Waals surface area contributed by atoms with E-state index < -0.39 is 0 Å². The van der Waals surface area contributed by atoms with Crippen molar-refractivity contribution in [1.29, 1.82) is 0 Å². The van der Waals surface area contributed by atoms with Crippen molar-refractivity contribution < 1.29 is 0 Å². The van der Waals surface area contributed by atoms with Gasteiger partial charge >= 0.3 is 0 Å².